The molecular weight excluding hydrogens is 418 g/mol. The quantitative estimate of drug-likeness (QED) is 0.488. The number of aliphatic hydroxyl groups is 1. The van der Waals surface area contributed by atoms with Gasteiger partial charge in [0.1, 0.15) is 18.0 Å². The Kier molecular flexibility index (Phi) is 6.19. The van der Waals surface area contributed by atoms with Gasteiger partial charge in [-0.05, 0) is 93.2 Å². The summed E-state index contributed by atoms with van der Waals surface area (Å²) in [7, 11) is 0. The number of fused-ring (bicyclic) bond motifs is 3. The van der Waals surface area contributed by atoms with Gasteiger partial charge in [-0.2, -0.15) is 0 Å². The highest BCUT2D eigenvalue weighted by Crippen LogP contribution is 2.54. The van der Waals surface area contributed by atoms with Crippen LogP contribution in [-0.4, -0.2) is 15.7 Å². The van der Waals surface area contributed by atoms with Crippen LogP contribution in [-0.2, 0) is 24.9 Å². The summed E-state index contributed by atoms with van der Waals surface area (Å²) in [6.07, 6.45) is 7.30. The molecule has 0 spiro atoms. The molecule has 3 nitrogen and oxygen atoms in total. The van der Waals surface area contributed by atoms with Gasteiger partial charge in [-0.3, -0.25) is 4.98 Å². The summed E-state index contributed by atoms with van der Waals surface area (Å²) in [5.74, 6) is 7.42. The van der Waals surface area contributed by atoms with E-state index in [0.717, 1.165) is 55.5 Å². The molecule has 1 fully saturated rings. The molecule has 1 saturated carbocycles. The van der Waals surface area contributed by atoms with Gasteiger partial charge in [0.15, 0.2) is 0 Å². The van der Waals surface area contributed by atoms with E-state index < -0.39 is 5.60 Å². The number of pyridine rings is 1. The van der Waals surface area contributed by atoms with E-state index in [9.17, 15) is 5.11 Å². The SMILES string of the molecule is CC#C[C@@]1(O)CC[C@@]2(Cc3ccccc3)c3ccc(OCc4cccnc4C)cc3CC[C@@H]2C1. The van der Waals surface area contributed by atoms with Crippen LogP contribution in [0.15, 0.2) is 66.9 Å². The lowest BCUT2D eigenvalue weighted by molar-refractivity contribution is -0.00805. The Balaban J connectivity index is 1.47. The van der Waals surface area contributed by atoms with Gasteiger partial charge >= 0.3 is 0 Å². The maximum atomic E-state index is 11.2. The molecule has 1 heterocycles. The zero-order valence-electron chi connectivity index (χ0n) is 20.2. The number of nitrogens with zero attached hydrogens (tertiary/aromatic N) is 1. The Morgan fingerprint density at radius 3 is 2.74 bits per heavy atom. The fourth-order valence-electron chi connectivity index (χ4n) is 6.22. The first-order valence-corrected chi connectivity index (χ1v) is 12.4. The van der Waals surface area contributed by atoms with Crippen LogP contribution in [0, 0.1) is 24.7 Å². The second-order valence-corrected chi connectivity index (χ2v) is 10.0. The van der Waals surface area contributed by atoms with Crippen LogP contribution >= 0.6 is 0 Å². The average molecular weight is 452 g/mol. The Morgan fingerprint density at radius 2 is 1.94 bits per heavy atom. The summed E-state index contributed by atoms with van der Waals surface area (Å²) >= 11 is 0. The van der Waals surface area contributed by atoms with Crippen LogP contribution in [0.2, 0.25) is 0 Å². The molecule has 0 unspecified atom stereocenters. The van der Waals surface area contributed by atoms with Crippen molar-refractivity contribution in [1.82, 2.24) is 4.98 Å². The Morgan fingerprint density at radius 1 is 1.09 bits per heavy atom. The van der Waals surface area contributed by atoms with Crippen LogP contribution in [0.4, 0.5) is 0 Å². The van der Waals surface area contributed by atoms with E-state index in [1.165, 1.54) is 16.7 Å². The Hall–Kier alpha value is -3.09. The van der Waals surface area contributed by atoms with Crippen LogP contribution in [0.5, 0.6) is 5.75 Å². The summed E-state index contributed by atoms with van der Waals surface area (Å²) in [5, 5.41) is 11.2. The van der Waals surface area contributed by atoms with Gasteiger partial charge in [-0.25, -0.2) is 0 Å². The first-order valence-electron chi connectivity index (χ1n) is 12.4. The number of ether oxygens (including phenoxy) is 1. The van der Waals surface area contributed by atoms with Crippen molar-refractivity contribution in [1.29, 1.82) is 0 Å². The lowest BCUT2D eigenvalue weighted by atomic mass is 9.52. The van der Waals surface area contributed by atoms with Crippen molar-refractivity contribution >= 4 is 0 Å². The van der Waals surface area contributed by atoms with Crippen LogP contribution in [0.25, 0.3) is 0 Å². The maximum Gasteiger partial charge on any atom is 0.125 e. The Labute approximate surface area is 203 Å². The van der Waals surface area contributed by atoms with E-state index in [2.05, 4.69) is 71.4 Å². The minimum Gasteiger partial charge on any atom is -0.489 e. The van der Waals surface area contributed by atoms with Gasteiger partial charge in [0, 0.05) is 22.9 Å². The highest BCUT2D eigenvalue weighted by molar-refractivity contribution is 5.45. The molecule has 3 aromatic rings. The minimum absolute atomic E-state index is 0.0229. The molecule has 0 amide bonds. The van der Waals surface area contributed by atoms with Gasteiger partial charge in [-0.1, -0.05) is 48.4 Å². The van der Waals surface area contributed by atoms with E-state index in [0.29, 0.717) is 12.5 Å². The number of hydrogen-bond donors (Lipinski definition) is 1. The molecule has 0 aliphatic heterocycles. The first kappa shape index (κ1) is 22.7. The van der Waals surface area contributed by atoms with E-state index >= 15 is 0 Å². The number of aryl methyl sites for hydroxylation is 2. The smallest absolute Gasteiger partial charge is 0.125 e. The van der Waals surface area contributed by atoms with Crippen molar-refractivity contribution in [2.75, 3.05) is 0 Å². The molecule has 1 aromatic heterocycles. The summed E-state index contributed by atoms with van der Waals surface area (Å²) in [6, 6.07) is 21.5. The lowest BCUT2D eigenvalue weighted by Gasteiger charge is -2.52. The molecule has 34 heavy (non-hydrogen) atoms. The lowest BCUT2D eigenvalue weighted by Crippen LogP contribution is -2.50. The molecule has 5 rings (SSSR count). The third-order valence-electron chi connectivity index (χ3n) is 7.96. The number of rotatable bonds is 5. The van der Waals surface area contributed by atoms with E-state index in [-0.39, 0.29) is 5.41 Å². The number of aromatic nitrogens is 1. The van der Waals surface area contributed by atoms with Crippen molar-refractivity contribution in [2.24, 2.45) is 5.92 Å². The molecule has 3 heteroatoms. The fraction of sp³-hybridized carbons (Fsp3) is 0.387. The third kappa shape index (κ3) is 4.36. The van der Waals surface area contributed by atoms with Crippen molar-refractivity contribution < 1.29 is 9.84 Å². The molecule has 2 aliphatic carbocycles. The summed E-state index contributed by atoms with van der Waals surface area (Å²) in [6.45, 7) is 4.37. The maximum absolute atomic E-state index is 11.2. The monoisotopic (exact) mass is 451 g/mol. The van der Waals surface area contributed by atoms with Gasteiger partial charge in [0.05, 0.1) is 0 Å². The summed E-state index contributed by atoms with van der Waals surface area (Å²) in [4.78, 5) is 4.37. The van der Waals surface area contributed by atoms with Crippen molar-refractivity contribution in [3.05, 3.63) is 94.8 Å². The van der Waals surface area contributed by atoms with Crippen molar-refractivity contribution in [3.63, 3.8) is 0 Å². The van der Waals surface area contributed by atoms with E-state index in [4.69, 9.17) is 4.74 Å². The largest absolute Gasteiger partial charge is 0.489 e. The molecular formula is C31H33NO2. The molecule has 0 bridgehead atoms. The van der Waals surface area contributed by atoms with Gasteiger partial charge in [0.2, 0.25) is 0 Å². The number of hydrogen-bond acceptors (Lipinski definition) is 3. The molecule has 0 saturated heterocycles. The van der Waals surface area contributed by atoms with Crippen LogP contribution in [0.3, 0.4) is 0 Å². The van der Waals surface area contributed by atoms with Crippen molar-refractivity contribution in [3.8, 4) is 17.6 Å². The predicted octanol–water partition coefficient (Wildman–Crippen LogP) is 5.95. The molecule has 0 radical (unpaired) electrons. The third-order valence-corrected chi connectivity index (χ3v) is 7.96. The highest BCUT2D eigenvalue weighted by atomic mass is 16.5. The van der Waals surface area contributed by atoms with Crippen molar-refractivity contribution in [2.45, 2.75) is 70.0 Å². The second-order valence-electron chi connectivity index (χ2n) is 10.0. The van der Waals surface area contributed by atoms with E-state index in [1.807, 2.05) is 26.1 Å². The fourth-order valence-corrected chi connectivity index (χ4v) is 6.22. The van der Waals surface area contributed by atoms with Crippen LogP contribution < -0.4 is 4.74 Å². The van der Waals surface area contributed by atoms with Gasteiger partial charge < -0.3 is 9.84 Å². The van der Waals surface area contributed by atoms with E-state index in [1.54, 1.807) is 0 Å². The van der Waals surface area contributed by atoms with Gasteiger partial charge in [0.25, 0.3) is 0 Å². The van der Waals surface area contributed by atoms with Crippen LogP contribution in [0.1, 0.15) is 60.6 Å². The zero-order chi connectivity index (χ0) is 23.6. The minimum atomic E-state index is -0.859. The summed E-state index contributed by atoms with van der Waals surface area (Å²) < 4.78 is 6.19. The highest BCUT2D eigenvalue weighted by Gasteiger charge is 2.51. The molecule has 3 atom stereocenters. The summed E-state index contributed by atoms with van der Waals surface area (Å²) in [5.41, 5.74) is 5.47. The molecule has 1 N–H and O–H groups in total. The first-order chi connectivity index (χ1) is 16.5. The topological polar surface area (TPSA) is 42.4 Å². The number of benzene rings is 2. The zero-order valence-corrected chi connectivity index (χ0v) is 20.2. The normalized spacial score (nSPS) is 25.4. The molecule has 2 aliphatic rings. The second kappa shape index (κ2) is 9.28. The predicted molar refractivity (Wildman–Crippen MR) is 136 cm³/mol. The molecule has 2 aromatic carbocycles. The molecule has 174 valence electrons. The average Bonchev–Trinajstić information content (AvgIpc) is 2.84. The van der Waals surface area contributed by atoms with Gasteiger partial charge in [-0.15, -0.1) is 5.92 Å². The Bertz CT molecular complexity index is 1220. The standard InChI is InChI=1S/C31H33NO2/c1-3-15-30(33)16-17-31(20-24-8-5-4-6-9-24)27(21-30)12-11-25-19-28(13-14-29(25)31)34-22-26-10-7-18-32-23(26)2/h4-10,13-14,18-19,27,33H,11-12,16-17,20-22H2,1-2H3/t27-,30-,31+/m1/s1.